The van der Waals surface area contributed by atoms with Crippen LogP contribution in [-0.4, -0.2) is 0 Å². The van der Waals surface area contributed by atoms with Crippen molar-refractivity contribution < 1.29 is 0 Å². The largest absolute Gasteiger partial charge is 0.0649 e. The minimum Gasteiger partial charge on any atom is -0.0649 e. The highest BCUT2D eigenvalue weighted by Gasteiger charge is 2.60. The molecule has 0 saturated heterocycles. The van der Waals surface area contributed by atoms with E-state index >= 15 is 0 Å². The topological polar surface area (TPSA) is 0 Å². The quantitative estimate of drug-likeness (QED) is 0.603. The average Bonchev–Trinajstić information content (AvgIpc) is 2.61. The first-order chi connectivity index (χ1) is 5.69. The number of hydrogen-bond donors (Lipinski definition) is 0. The molecule has 1 rings (SSSR count). The summed E-state index contributed by atoms with van der Waals surface area (Å²) in [6, 6.07) is 0. The molecular formula is C13H26. The van der Waals surface area contributed by atoms with Gasteiger partial charge in [0.15, 0.2) is 0 Å². The highest BCUT2D eigenvalue weighted by molar-refractivity contribution is 5.09. The molecular weight excluding hydrogens is 156 g/mol. The maximum atomic E-state index is 2.47. The van der Waals surface area contributed by atoms with E-state index in [1.165, 1.54) is 12.8 Å². The van der Waals surface area contributed by atoms with Crippen molar-refractivity contribution in [3.63, 3.8) is 0 Å². The molecule has 0 amide bonds. The second kappa shape index (κ2) is 2.74. The van der Waals surface area contributed by atoms with Crippen LogP contribution < -0.4 is 0 Å². The Labute approximate surface area is 84.1 Å². The molecule has 0 radical (unpaired) electrons. The summed E-state index contributed by atoms with van der Waals surface area (Å²) >= 11 is 0. The summed E-state index contributed by atoms with van der Waals surface area (Å²) < 4.78 is 0. The molecule has 1 fully saturated rings. The van der Waals surface area contributed by atoms with E-state index in [0.717, 1.165) is 5.92 Å². The van der Waals surface area contributed by atoms with Crippen molar-refractivity contribution in [2.45, 2.75) is 61.3 Å². The standard InChI is InChI=1S/C13H26/c1-8-11(3,4)12(5,6)13(7)9-10(13)2/h10H,8-9H2,1-7H3. The van der Waals surface area contributed by atoms with Gasteiger partial charge in [0.2, 0.25) is 0 Å². The van der Waals surface area contributed by atoms with Crippen molar-refractivity contribution in [2.75, 3.05) is 0 Å². The van der Waals surface area contributed by atoms with Gasteiger partial charge in [-0.2, -0.15) is 0 Å². The second-order valence-corrected chi connectivity index (χ2v) is 6.39. The molecule has 2 atom stereocenters. The fourth-order valence-electron chi connectivity index (χ4n) is 2.66. The molecule has 0 heterocycles. The van der Waals surface area contributed by atoms with Crippen molar-refractivity contribution in [3.8, 4) is 0 Å². The van der Waals surface area contributed by atoms with Crippen LogP contribution in [0.25, 0.3) is 0 Å². The fraction of sp³-hybridized carbons (Fsp3) is 1.00. The van der Waals surface area contributed by atoms with E-state index in [-0.39, 0.29) is 0 Å². The van der Waals surface area contributed by atoms with Gasteiger partial charge in [-0.1, -0.05) is 54.9 Å². The molecule has 1 aliphatic carbocycles. The van der Waals surface area contributed by atoms with E-state index in [9.17, 15) is 0 Å². The lowest BCUT2D eigenvalue weighted by molar-refractivity contribution is 0.0209. The lowest BCUT2D eigenvalue weighted by Crippen LogP contribution is -2.39. The molecule has 0 bridgehead atoms. The summed E-state index contributed by atoms with van der Waals surface area (Å²) in [5.74, 6) is 0.924. The average molecular weight is 182 g/mol. The Morgan fingerprint density at radius 1 is 1.23 bits per heavy atom. The van der Waals surface area contributed by atoms with Gasteiger partial charge in [-0.25, -0.2) is 0 Å². The van der Waals surface area contributed by atoms with Crippen LogP contribution in [0, 0.1) is 22.2 Å². The van der Waals surface area contributed by atoms with Gasteiger partial charge >= 0.3 is 0 Å². The van der Waals surface area contributed by atoms with E-state index in [2.05, 4.69) is 48.5 Å². The van der Waals surface area contributed by atoms with E-state index in [1.807, 2.05) is 0 Å². The maximum absolute atomic E-state index is 2.47. The fourth-order valence-corrected chi connectivity index (χ4v) is 2.66. The van der Waals surface area contributed by atoms with Crippen LogP contribution in [-0.2, 0) is 0 Å². The van der Waals surface area contributed by atoms with E-state index in [4.69, 9.17) is 0 Å². The van der Waals surface area contributed by atoms with Crippen LogP contribution in [0.2, 0.25) is 0 Å². The second-order valence-electron chi connectivity index (χ2n) is 6.39. The predicted octanol–water partition coefficient (Wildman–Crippen LogP) is 4.49. The molecule has 13 heavy (non-hydrogen) atoms. The first-order valence-corrected chi connectivity index (χ1v) is 5.69. The van der Waals surface area contributed by atoms with Crippen LogP contribution in [0.4, 0.5) is 0 Å². The van der Waals surface area contributed by atoms with Crippen LogP contribution >= 0.6 is 0 Å². The maximum Gasteiger partial charge on any atom is -0.0241 e. The molecule has 1 saturated carbocycles. The van der Waals surface area contributed by atoms with Crippen LogP contribution in [0.1, 0.15) is 61.3 Å². The van der Waals surface area contributed by atoms with Crippen LogP contribution in [0.15, 0.2) is 0 Å². The summed E-state index contributed by atoms with van der Waals surface area (Å²) in [7, 11) is 0. The lowest BCUT2D eigenvalue weighted by atomic mass is 9.58. The monoisotopic (exact) mass is 182 g/mol. The predicted molar refractivity (Wildman–Crippen MR) is 59.7 cm³/mol. The molecule has 78 valence electrons. The van der Waals surface area contributed by atoms with Crippen LogP contribution in [0.5, 0.6) is 0 Å². The Kier molecular flexibility index (Phi) is 2.34. The van der Waals surface area contributed by atoms with Gasteiger partial charge in [0.05, 0.1) is 0 Å². The first-order valence-electron chi connectivity index (χ1n) is 5.69. The molecule has 0 heteroatoms. The molecule has 0 aromatic rings. The van der Waals surface area contributed by atoms with Gasteiger partial charge in [0.1, 0.15) is 0 Å². The normalized spacial score (nSPS) is 34.8. The van der Waals surface area contributed by atoms with Gasteiger partial charge in [0.25, 0.3) is 0 Å². The third-order valence-electron chi connectivity index (χ3n) is 5.66. The van der Waals surface area contributed by atoms with Crippen LogP contribution in [0.3, 0.4) is 0 Å². The smallest absolute Gasteiger partial charge is 0.0241 e. The van der Waals surface area contributed by atoms with E-state index < -0.39 is 0 Å². The molecule has 0 spiro atoms. The van der Waals surface area contributed by atoms with Crippen molar-refractivity contribution in [2.24, 2.45) is 22.2 Å². The minimum absolute atomic E-state index is 0.465. The van der Waals surface area contributed by atoms with Gasteiger partial charge in [-0.3, -0.25) is 0 Å². The first kappa shape index (κ1) is 11.1. The summed E-state index contributed by atoms with van der Waals surface area (Å²) in [4.78, 5) is 0. The zero-order valence-electron chi connectivity index (χ0n) is 10.5. The SMILES string of the molecule is CCC(C)(C)C(C)(C)C1(C)CC1C. The zero-order valence-corrected chi connectivity index (χ0v) is 10.5. The molecule has 0 aromatic heterocycles. The molecule has 0 aromatic carbocycles. The van der Waals surface area contributed by atoms with Crippen molar-refractivity contribution in [1.29, 1.82) is 0 Å². The lowest BCUT2D eigenvalue weighted by Gasteiger charge is -2.47. The molecule has 0 N–H and O–H groups in total. The van der Waals surface area contributed by atoms with E-state index in [1.54, 1.807) is 0 Å². The molecule has 1 aliphatic rings. The summed E-state index contributed by atoms with van der Waals surface area (Å²) in [6.07, 6.45) is 2.70. The molecule has 2 unspecified atom stereocenters. The van der Waals surface area contributed by atoms with Gasteiger partial charge in [-0.15, -0.1) is 0 Å². The Morgan fingerprint density at radius 3 is 1.85 bits per heavy atom. The Morgan fingerprint density at radius 2 is 1.62 bits per heavy atom. The summed E-state index contributed by atoms with van der Waals surface area (Å²) in [5, 5.41) is 0. The van der Waals surface area contributed by atoms with Crippen molar-refractivity contribution in [1.82, 2.24) is 0 Å². The zero-order chi connectivity index (χ0) is 10.5. The van der Waals surface area contributed by atoms with Gasteiger partial charge in [-0.05, 0) is 28.6 Å². The number of hydrogen-bond acceptors (Lipinski definition) is 0. The Balaban J connectivity index is 2.89. The highest BCUT2D eigenvalue weighted by Crippen LogP contribution is 2.68. The van der Waals surface area contributed by atoms with Crippen molar-refractivity contribution >= 4 is 0 Å². The van der Waals surface area contributed by atoms with Gasteiger partial charge in [0, 0.05) is 0 Å². The van der Waals surface area contributed by atoms with Crippen molar-refractivity contribution in [3.05, 3.63) is 0 Å². The Bertz CT molecular complexity index is 189. The highest BCUT2D eigenvalue weighted by atomic mass is 14.6. The third-order valence-corrected chi connectivity index (χ3v) is 5.66. The number of rotatable bonds is 3. The summed E-state index contributed by atoms with van der Waals surface area (Å²) in [6.45, 7) is 16.9. The third kappa shape index (κ3) is 1.33. The minimum atomic E-state index is 0.465. The molecule has 0 aliphatic heterocycles. The molecule has 0 nitrogen and oxygen atoms in total. The summed E-state index contributed by atoms with van der Waals surface area (Å²) in [5.41, 5.74) is 1.52. The van der Waals surface area contributed by atoms with E-state index in [0.29, 0.717) is 16.2 Å². The Hall–Kier alpha value is 0. The van der Waals surface area contributed by atoms with Gasteiger partial charge < -0.3 is 0 Å².